The van der Waals surface area contributed by atoms with Gasteiger partial charge in [-0.25, -0.2) is 8.42 Å². The van der Waals surface area contributed by atoms with E-state index in [1.807, 2.05) is 30.3 Å². The number of carbonyl (C=O) groups excluding carboxylic acids is 1. The second-order valence-corrected chi connectivity index (χ2v) is 7.50. The average Bonchev–Trinajstić information content (AvgIpc) is 2.48. The highest BCUT2D eigenvalue weighted by atomic mass is 32.2. The molecular weight excluding hydrogens is 302 g/mol. The molecule has 1 amide bonds. The SMILES string of the molecule is CS(=O)(=O)N1CCN(CCNC(=O)Cc2ccccc2)CC1. The maximum absolute atomic E-state index is 11.8. The van der Waals surface area contributed by atoms with Gasteiger partial charge in [0.1, 0.15) is 0 Å². The molecule has 1 N–H and O–H groups in total. The zero-order chi connectivity index (χ0) is 16.0. The Morgan fingerprint density at radius 1 is 1.14 bits per heavy atom. The third-order valence-electron chi connectivity index (χ3n) is 3.76. The Labute approximate surface area is 132 Å². The largest absolute Gasteiger partial charge is 0.355 e. The number of amides is 1. The van der Waals surface area contributed by atoms with Crippen LogP contribution in [0.1, 0.15) is 5.56 Å². The predicted octanol–water partition coefficient (Wildman–Crippen LogP) is -0.0775. The highest BCUT2D eigenvalue weighted by Gasteiger charge is 2.22. The van der Waals surface area contributed by atoms with Gasteiger partial charge in [0.15, 0.2) is 0 Å². The molecule has 0 aromatic heterocycles. The van der Waals surface area contributed by atoms with Crippen molar-refractivity contribution >= 4 is 15.9 Å². The van der Waals surface area contributed by atoms with Crippen LogP contribution in [0.2, 0.25) is 0 Å². The second kappa shape index (κ2) is 7.71. The van der Waals surface area contributed by atoms with Crippen molar-refractivity contribution in [2.24, 2.45) is 0 Å². The van der Waals surface area contributed by atoms with E-state index in [4.69, 9.17) is 0 Å². The van der Waals surface area contributed by atoms with Crippen molar-refractivity contribution in [3.63, 3.8) is 0 Å². The summed E-state index contributed by atoms with van der Waals surface area (Å²) in [5.41, 5.74) is 1.00. The number of hydrogen-bond donors (Lipinski definition) is 1. The Hall–Kier alpha value is -1.44. The number of benzene rings is 1. The van der Waals surface area contributed by atoms with E-state index in [9.17, 15) is 13.2 Å². The smallest absolute Gasteiger partial charge is 0.224 e. The normalized spacial score (nSPS) is 17.3. The molecule has 1 fully saturated rings. The van der Waals surface area contributed by atoms with Gasteiger partial charge >= 0.3 is 0 Å². The Morgan fingerprint density at radius 3 is 2.36 bits per heavy atom. The summed E-state index contributed by atoms with van der Waals surface area (Å²) in [5.74, 6) is 0.0148. The molecule has 7 heteroatoms. The first-order valence-corrected chi connectivity index (χ1v) is 9.28. The lowest BCUT2D eigenvalue weighted by atomic mass is 10.1. The van der Waals surface area contributed by atoms with Crippen molar-refractivity contribution in [3.8, 4) is 0 Å². The minimum Gasteiger partial charge on any atom is -0.355 e. The fourth-order valence-electron chi connectivity index (χ4n) is 2.48. The molecule has 1 aliphatic rings. The average molecular weight is 325 g/mol. The van der Waals surface area contributed by atoms with Crippen LogP contribution in [0.4, 0.5) is 0 Å². The highest BCUT2D eigenvalue weighted by molar-refractivity contribution is 7.88. The topological polar surface area (TPSA) is 69.7 Å². The number of carbonyl (C=O) groups is 1. The van der Waals surface area contributed by atoms with Crippen molar-refractivity contribution < 1.29 is 13.2 Å². The molecule has 0 radical (unpaired) electrons. The quantitative estimate of drug-likeness (QED) is 0.794. The van der Waals surface area contributed by atoms with Crippen molar-refractivity contribution in [1.29, 1.82) is 0 Å². The van der Waals surface area contributed by atoms with E-state index in [-0.39, 0.29) is 5.91 Å². The minimum atomic E-state index is -3.08. The minimum absolute atomic E-state index is 0.0148. The van der Waals surface area contributed by atoms with Crippen LogP contribution in [-0.2, 0) is 21.2 Å². The van der Waals surface area contributed by atoms with Crippen LogP contribution in [0.3, 0.4) is 0 Å². The van der Waals surface area contributed by atoms with Gasteiger partial charge in [0, 0.05) is 39.3 Å². The fraction of sp³-hybridized carbons (Fsp3) is 0.533. The van der Waals surface area contributed by atoms with Gasteiger partial charge in [-0.05, 0) is 5.56 Å². The van der Waals surface area contributed by atoms with Crippen molar-refractivity contribution in [1.82, 2.24) is 14.5 Å². The molecule has 0 spiro atoms. The van der Waals surface area contributed by atoms with Crippen molar-refractivity contribution in [2.45, 2.75) is 6.42 Å². The number of sulfonamides is 1. The van der Waals surface area contributed by atoms with E-state index in [0.717, 1.165) is 12.1 Å². The van der Waals surface area contributed by atoms with E-state index >= 15 is 0 Å². The third kappa shape index (κ3) is 5.40. The Kier molecular flexibility index (Phi) is 5.93. The number of nitrogens with one attached hydrogen (secondary N) is 1. The van der Waals surface area contributed by atoms with E-state index in [2.05, 4.69) is 10.2 Å². The van der Waals surface area contributed by atoms with Crippen LogP contribution in [0.15, 0.2) is 30.3 Å². The van der Waals surface area contributed by atoms with Crippen LogP contribution in [0.5, 0.6) is 0 Å². The summed E-state index contributed by atoms with van der Waals surface area (Å²) < 4.78 is 24.3. The first kappa shape index (κ1) is 16.9. The first-order chi connectivity index (χ1) is 10.4. The number of nitrogens with zero attached hydrogens (tertiary/aromatic N) is 2. The monoisotopic (exact) mass is 325 g/mol. The number of piperazine rings is 1. The van der Waals surface area contributed by atoms with Crippen LogP contribution in [-0.4, -0.2) is 69.1 Å². The molecule has 6 nitrogen and oxygen atoms in total. The summed E-state index contributed by atoms with van der Waals surface area (Å²) in [5, 5.41) is 2.91. The van der Waals surface area contributed by atoms with E-state index in [1.54, 1.807) is 0 Å². The Morgan fingerprint density at radius 2 is 1.77 bits per heavy atom. The maximum Gasteiger partial charge on any atom is 0.224 e. The zero-order valence-corrected chi connectivity index (χ0v) is 13.7. The summed E-state index contributed by atoms with van der Waals surface area (Å²) in [6.45, 7) is 3.81. The van der Waals surface area contributed by atoms with Gasteiger partial charge in [-0.3, -0.25) is 9.69 Å². The third-order valence-corrected chi connectivity index (χ3v) is 5.06. The van der Waals surface area contributed by atoms with Gasteiger partial charge in [-0.15, -0.1) is 0 Å². The van der Waals surface area contributed by atoms with E-state index in [0.29, 0.717) is 39.1 Å². The molecule has 0 unspecified atom stereocenters. The molecule has 22 heavy (non-hydrogen) atoms. The molecule has 0 aliphatic carbocycles. The van der Waals surface area contributed by atoms with Gasteiger partial charge in [0.2, 0.25) is 15.9 Å². The van der Waals surface area contributed by atoms with Crippen LogP contribution < -0.4 is 5.32 Å². The summed E-state index contributed by atoms with van der Waals surface area (Å²) in [6.07, 6.45) is 1.63. The lowest BCUT2D eigenvalue weighted by Crippen LogP contribution is -2.49. The molecule has 2 rings (SSSR count). The molecule has 0 saturated carbocycles. The summed E-state index contributed by atoms with van der Waals surface area (Å²) >= 11 is 0. The highest BCUT2D eigenvalue weighted by Crippen LogP contribution is 2.05. The van der Waals surface area contributed by atoms with Crippen molar-refractivity contribution in [2.75, 3.05) is 45.5 Å². The number of rotatable bonds is 6. The van der Waals surface area contributed by atoms with Gasteiger partial charge in [-0.1, -0.05) is 30.3 Å². The Bertz CT molecular complexity index is 581. The predicted molar refractivity (Wildman–Crippen MR) is 86.0 cm³/mol. The van der Waals surface area contributed by atoms with Crippen LogP contribution in [0.25, 0.3) is 0 Å². The molecule has 1 saturated heterocycles. The van der Waals surface area contributed by atoms with Gasteiger partial charge in [0.05, 0.1) is 12.7 Å². The summed E-state index contributed by atoms with van der Waals surface area (Å²) in [4.78, 5) is 14.0. The summed E-state index contributed by atoms with van der Waals surface area (Å²) in [7, 11) is -3.08. The van der Waals surface area contributed by atoms with Crippen LogP contribution in [0, 0.1) is 0 Å². The van der Waals surface area contributed by atoms with E-state index in [1.165, 1.54) is 10.6 Å². The molecular formula is C15H23N3O3S. The Balaban J connectivity index is 1.64. The molecule has 1 aromatic rings. The van der Waals surface area contributed by atoms with Crippen LogP contribution >= 0.6 is 0 Å². The van der Waals surface area contributed by atoms with Gasteiger partial charge in [-0.2, -0.15) is 4.31 Å². The molecule has 1 heterocycles. The molecule has 1 aliphatic heterocycles. The molecule has 0 bridgehead atoms. The summed E-state index contributed by atoms with van der Waals surface area (Å²) in [6, 6.07) is 9.64. The lowest BCUT2D eigenvalue weighted by Gasteiger charge is -2.33. The van der Waals surface area contributed by atoms with E-state index < -0.39 is 10.0 Å². The standard InChI is InChI=1S/C15H23N3O3S/c1-22(20,21)18-11-9-17(10-12-18)8-7-16-15(19)13-14-5-3-2-4-6-14/h2-6H,7-13H2,1H3,(H,16,19). The molecule has 122 valence electrons. The lowest BCUT2D eigenvalue weighted by molar-refractivity contribution is -0.120. The van der Waals surface area contributed by atoms with Gasteiger partial charge in [0.25, 0.3) is 0 Å². The van der Waals surface area contributed by atoms with Gasteiger partial charge < -0.3 is 5.32 Å². The number of hydrogen-bond acceptors (Lipinski definition) is 4. The first-order valence-electron chi connectivity index (χ1n) is 7.43. The molecule has 0 atom stereocenters. The fourth-order valence-corrected chi connectivity index (χ4v) is 3.31. The zero-order valence-electron chi connectivity index (χ0n) is 12.9. The maximum atomic E-state index is 11.8. The van der Waals surface area contributed by atoms with Crippen molar-refractivity contribution in [3.05, 3.63) is 35.9 Å². The second-order valence-electron chi connectivity index (χ2n) is 5.52. The molecule has 1 aromatic carbocycles.